The maximum atomic E-state index is 13.5. The van der Waals surface area contributed by atoms with Gasteiger partial charge in [0.25, 0.3) is 0 Å². The van der Waals surface area contributed by atoms with Crippen molar-refractivity contribution in [1.82, 2.24) is 10.6 Å². The molecule has 0 atom stereocenters. The van der Waals surface area contributed by atoms with Crippen LogP contribution in [0.3, 0.4) is 0 Å². The smallest absolute Gasteiger partial charge is 0.191 e. The Morgan fingerprint density at radius 3 is 2.55 bits per heavy atom. The lowest BCUT2D eigenvalue weighted by Crippen LogP contribution is -2.38. The Kier molecular flexibility index (Phi) is 9.14. The van der Waals surface area contributed by atoms with E-state index in [-0.39, 0.29) is 12.0 Å². The molecule has 0 heterocycles. The predicted molar refractivity (Wildman–Crippen MR) is 85.2 cm³/mol. The normalized spacial score (nSPS) is 11.5. The van der Waals surface area contributed by atoms with Crippen LogP contribution in [0.5, 0.6) is 0 Å². The fraction of sp³-hybridized carbons (Fsp3) is 0.562. The van der Waals surface area contributed by atoms with Gasteiger partial charge in [0.2, 0.25) is 0 Å². The fourth-order valence-corrected chi connectivity index (χ4v) is 1.92. The van der Waals surface area contributed by atoms with Gasteiger partial charge in [-0.15, -0.1) is 0 Å². The Bertz CT molecular complexity index is 446. The van der Waals surface area contributed by atoms with E-state index in [2.05, 4.69) is 15.6 Å². The van der Waals surface area contributed by atoms with Crippen molar-refractivity contribution in [2.24, 2.45) is 4.99 Å². The molecule has 0 bridgehead atoms. The van der Waals surface area contributed by atoms with E-state index in [1.165, 1.54) is 18.2 Å². The molecule has 0 amide bonds. The van der Waals surface area contributed by atoms with Crippen molar-refractivity contribution in [2.45, 2.75) is 26.7 Å². The van der Waals surface area contributed by atoms with E-state index in [0.717, 1.165) is 13.0 Å². The molecule has 0 radical (unpaired) electrons. The number of hydrogen-bond acceptors (Lipinski definition) is 2. The minimum Gasteiger partial charge on any atom is -0.382 e. The van der Waals surface area contributed by atoms with Crippen LogP contribution in [-0.4, -0.2) is 38.8 Å². The fourth-order valence-electron chi connectivity index (χ4n) is 1.92. The molecule has 1 aromatic rings. The molecule has 0 aliphatic rings. The van der Waals surface area contributed by atoms with Gasteiger partial charge in [-0.3, -0.25) is 4.99 Å². The number of nitrogens with one attached hydrogen (secondary N) is 2. The Morgan fingerprint density at radius 1 is 1.18 bits per heavy atom. The first kappa shape index (κ1) is 18.4. The highest BCUT2D eigenvalue weighted by Crippen LogP contribution is 2.11. The van der Waals surface area contributed by atoms with E-state index >= 15 is 0 Å². The van der Waals surface area contributed by atoms with Crippen molar-refractivity contribution in [3.63, 3.8) is 0 Å². The summed E-state index contributed by atoms with van der Waals surface area (Å²) in [5, 5.41) is 6.18. The molecular weight excluding hydrogens is 288 g/mol. The summed E-state index contributed by atoms with van der Waals surface area (Å²) in [5.41, 5.74) is 0.0993. The summed E-state index contributed by atoms with van der Waals surface area (Å²) in [7, 11) is 0. The quantitative estimate of drug-likeness (QED) is 0.418. The van der Waals surface area contributed by atoms with Gasteiger partial charge in [-0.05, 0) is 38.8 Å². The molecule has 0 fully saturated rings. The van der Waals surface area contributed by atoms with Gasteiger partial charge in [0, 0.05) is 38.4 Å². The summed E-state index contributed by atoms with van der Waals surface area (Å²) in [6, 6.07) is 3.91. The maximum Gasteiger partial charge on any atom is 0.191 e. The lowest BCUT2D eigenvalue weighted by atomic mass is 10.1. The number of hydrogen-bond donors (Lipinski definition) is 2. The van der Waals surface area contributed by atoms with Crippen LogP contribution >= 0.6 is 0 Å². The second-order valence-corrected chi connectivity index (χ2v) is 4.69. The highest BCUT2D eigenvalue weighted by Gasteiger charge is 2.08. The molecule has 2 N–H and O–H groups in total. The van der Waals surface area contributed by atoms with Gasteiger partial charge in [0.1, 0.15) is 11.6 Å². The third-order valence-electron chi connectivity index (χ3n) is 2.99. The summed E-state index contributed by atoms with van der Waals surface area (Å²) >= 11 is 0. The van der Waals surface area contributed by atoms with Gasteiger partial charge in [-0.25, -0.2) is 8.78 Å². The summed E-state index contributed by atoms with van der Waals surface area (Å²) < 4.78 is 32.3. The lowest BCUT2D eigenvalue weighted by molar-refractivity contribution is 0.146. The number of benzene rings is 1. The van der Waals surface area contributed by atoms with Gasteiger partial charge in [-0.2, -0.15) is 0 Å². The van der Waals surface area contributed by atoms with E-state index < -0.39 is 11.6 Å². The Hall–Kier alpha value is -1.69. The topological polar surface area (TPSA) is 45.7 Å². The van der Waals surface area contributed by atoms with Crippen molar-refractivity contribution in [1.29, 1.82) is 0 Å². The van der Waals surface area contributed by atoms with Crippen LogP contribution in [0.2, 0.25) is 0 Å². The van der Waals surface area contributed by atoms with Crippen LogP contribution in [0.15, 0.2) is 23.2 Å². The van der Waals surface area contributed by atoms with Crippen LogP contribution in [0.4, 0.5) is 8.78 Å². The highest BCUT2D eigenvalue weighted by molar-refractivity contribution is 5.79. The highest BCUT2D eigenvalue weighted by atomic mass is 19.1. The van der Waals surface area contributed by atoms with Crippen molar-refractivity contribution >= 4 is 5.96 Å². The van der Waals surface area contributed by atoms with Crippen LogP contribution < -0.4 is 10.6 Å². The molecule has 1 rings (SSSR count). The Balaban J connectivity index is 2.42. The second kappa shape index (κ2) is 11.0. The molecule has 0 aromatic heterocycles. The van der Waals surface area contributed by atoms with Gasteiger partial charge < -0.3 is 15.4 Å². The van der Waals surface area contributed by atoms with Crippen molar-refractivity contribution in [3.8, 4) is 0 Å². The van der Waals surface area contributed by atoms with Gasteiger partial charge in [0.15, 0.2) is 5.96 Å². The lowest BCUT2D eigenvalue weighted by Gasteiger charge is -2.12. The van der Waals surface area contributed by atoms with E-state index in [1.807, 2.05) is 13.8 Å². The zero-order valence-electron chi connectivity index (χ0n) is 13.3. The minimum absolute atomic E-state index is 0.0993. The molecule has 124 valence electrons. The molecule has 0 saturated carbocycles. The number of halogens is 2. The molecular formula is C16H25F2N3O. The first-order valence-corrected chi connectivity index (χ1v) is 7.71. The van der Waals surface area contributed by atoms with Crippen LogP contribution in [-0.2, 0) is 11.2 Å². The van der Waals surface area contributed by atoms with Crippen LogP contribution in [0.25, 0.3) is 0 Å². The number of ether oxygens (including phenoxy) is 1. The summed E-state index contributed by atoms with van der Waals surface area (Å²) in [6.07, 6.45) is 1.11. The largest absolute Gasteiger partial charge is 0.382 e. The number of guanidine groups is 1. The molecule has 0 aliphatic carbocycles. The van der Waals surface area contributed by atoms with Crippen molar-refractivity contribution in [3.05, 3.63) is 35.4 Å². The van der Waals surface area contributed by atoms with Crippen LogP contribution in [0.1, 0.15) is 25.8 Å². The second-order valence-electron chi connectivity index (χ2n) is 4.69. The van der Waals surface area contributed by atoms with E-state index in [4.69, 9.17) is 4.74 Å². The molecule has 0 saturated heterocycles. The molecule has 6 heteroatoms. The summed E-state index contributed by atoms with van der Waals surface area (Å²) in [4.78, 5) is 4.39. The number of rotatable bonds is 9. The van der Waals surface area contributed by atoms with E-state index in [0.29, 0.717) is 32.3 Å². The average molecular weight is 313 g/mol. The van der Waals surface area contributed by atoms with E-state index in [9.17, 15) is 8.78 Å². The molecule has 0 unspecified atom stereocenters. The molecule has 22 heavy (non-hydrogen) atoms. The van der Waals surface area contributed by atoms with E-state index in [1.54, 1.807) is 0 Å². The zero-order valence-corrected chi connectivity index (χ0v) is 13.3. The molecule has 0 aliphatic heterocycles. The SMILES string of the molecule is CCNC(=NCCCOCC)NCCc1c(F)cccc1F. The van der Waals surface area contributed by atoms with Gasteiger partial charge >= 0.3 is 0 Å². The third-order valence-corrected chi connectivity index (χ3v) is 2.99. The zero-order chi connectivity index (χ0) is 16.2. The van der Waals surface area contributed by atoms with Crippen molar-refractivity contribution < 1.29 is 13.5 Å². The number of nitrogens with zero attached hydrogens (tertiary/aromatic N) is 1. The van der Waals surface area contributed by atoms with Crippen molar-refractivity contribution in [2.75, 3.05) is 32.8 Å². The van der Waals surface area contributed by atoms with Crippen LogP contribution in [0, 0.1) is 11.6 Å². The van der Waals surface area contributed by atoms with Gasteiger partial charge in [0.05, 0.1) is 0 Å². The average Bonchev–Trinajstić information content (AvgIpc) is 2.50. The summed E-state index contributed by atoms with van der Waals surface area (Å²) in [5.74, 6) is -0.378. The molecule has 1 aromatic carbocycles. The molecule has 4 nitrogen and oxygen atoms in total. The molecule has 0 spiro atoms. The Morgan fingerprint density at radius 2 is 1.91 bits per heavy atom. The predicted octanol–water partition coefficient (Wildman–Crippen LogP) is 2.49. The number of aliphatic imine (C=N–C) groups is 1. The first-order chi connectivity index (χ1) is 10.7. The maximum absolute atomic E-state index is 13.5. The Labute approximate surface area is 131 Å². The summed E-state index contributed by atoms with van der Waals surface area (Å²) in [6.45, 7) is 7.09. The van der Waals surface area contributed by atoms with Gasteiger partial charge in [-0.1, -0.05) is 6.07 Å². The monoisotopic (exact) mass is 313 g/mol. The minimum atomic E-state index is -0.513. The standard InChI is InChI=1S/C16H25F2N3O/c1-3-19-16(20-10-6-12-22-4-2)21-11-9-13-14(17)7-5-8-15(13)18/h5,7-8H,3-4,6,9-12H2,1-2H3,(H2,19,20,21). The third kappa shape index (κ3) is 6.85. The first-order valence-electron chi connectivity index (χ1n) is 7.71.